The lowest BCUT2D eigenvalue weighted by Gasteiger charge is -2.20. The van der Waals surface area contributed by atoms with Gasteiger partial charge in [0.1, 0.15) is 5.75 Å². The number of aryl methyl sites for hydroxylation is 1. The standard InChI is InChI=1S/C17H19BrN2O/c1-11-15(4-3-6-20-11)16(19-2)10-13-9-14(18)8-12-5-7-21-17(12)13/h3-4,6,8-9,16,19H,5,7,10H2,1-2H3. The minimum atomic E-state index is 0.237. The Morgan fingerprint density at radius 1 is 1.43 bits per heavy atom. The SMILES string of the molecule is CNC(Cc1cc(Br)cc2c1OCC2)c1cccnc1C. The van der Waals surface area contributed by atoms with Crippen molar-refractivity contribution in [3.63, 3.8) is 0 Å². The summed E-state index contributed by atoms with van der Waals surface area (Å²) in [6.45, 7) is 2.84. The zero-order chi connectivity index (χ0) is 14.8. The van der Waals surface area contributed by atoms with Crippen LogP contribution in [0.15, 0.2) is 34.9 Å². The van der Waals surface area contributed by atoms with Crippen LogP contribution in [0, 0.1) is 6.92 Å². The summed E-state index contributed by atoms with van der Waals surface area (Å²) < 4.78 is 6.96. The number of hydrogen-bond acceptors (Lipinski definition) is 3. The van der Waals surface area contributed by atoms with Crippen LogP contribution in [0.5, 0.6) is 5.75 Å². The molecule has 1 aliphatic heterocycles. The van der Waals surface area contributed by atoms with E-state index >= 15 is 0 Å². The highest BCUT2D eigenvalue weighted by atomic mass is 79.9. The van der Waals surface area contributed by atoms with Crippen LogP contribution in [-0.2, 0) is 12.8 Å². The fourth-order valence-corrected chi connectivity index (χ4v) is 3.50. The Morgan fingerprint density at radius 3 is 3.05 bits per heavy atom. The van der Waals surface area contributed by atoms with Crippen LogP contribution in [0.2, 0.25) is 0 Å². The molecule has 0 radical (unpaired) electrons. The van der Waals surface area contributed by atoms with Crippen LogP contribution in [0.3, 0.4) is 0 Å². The molecule has 0 aliphatic carbocycles. The maximum absolute atomic E-state index is 5.83. The lowest BCUT2D eigenvalue weighted by molar-refractivity contribution is 0.352. The van der Waals surface area contributed by atoms with E-state index in [1.807, 2.05) is 19.3 Å². The van der Waals surface area contributed by atoms with Gasteiger partial charge in [0.2, 0.25) is 0 Å². The van der Waals surface area contributed by atoms with Gasteiger partial charge in [-0.1, -0.05) is 22.0 Å². The van der Waals surface area contributed by atoms with Crippen molar-refractivity contribution in [2.45, 2.75) is 25.8 Å². The predicted molar refractivity (Wildman–Crippen MR) is 87.8 cm³/mol. The van der Waals surface area contributed by atoms with E-state index in [0.717, 1.165) is 35.4 Å². The van der Waals surface area contributed by atoms with Gasteiger partial charge < -0.3 is 10.1 Å². The number of nitrogens with zero attached hydrogens (tertiary/aromatic N) is 1. The molecule has 0 saturated carbocycles. The van der Waals surface area contributed by atoms with Crippen LogP contribution in [-0.4, -0.2) is 18.6 Å². The van der Waals surface area contributed by atoms with Gasteiger partial charge in [0, 0.05) is 28.8 Å². The Morgan fingerprint density at radius 2 is 2.29 bits per heavy atom. The minimum absolute atomic E-state index is 0.237. The second-order valence-corrected chi connectivity index (χ2v) is 6.29. The molecule has 1 aromatic carbocycles. The minimum Gasteiger partial charge on any atom is -0.493 e. The molecule has 2 aromatic rings. The molecule has 1 atom stereocenters. The van der Waals surface area contributed by atoms with Gasteiger partial charge in [-0.2, -0.15) is 0 Å². The van der Waals surface area contributed by atoms with E-state index < -0.39 is 0 Å². The third-order valence-corrected chi connectivity index (χ3v) is 4.48. The van der Waals surface area contributed by atoms with E-state index in [4.69, 9.17) is 4.74 Å². The number of fused-ring (bicyclic) bond motifs is 1. The molecule has 0 spiro atoms. The van der Waals surface area contributed by atoms with Crippen LogP contribution in [0.25, 0.3) is 0 Å². The van der Waals surface area contributed by atoms with Gasteiger partial charge in [0.05, 0.1) is 6.61 Å². The molecule has 1 aliphatic rings. The van der Waals surface area contributed by atoms with Crippen LogP contribution < -0.4 is 10.1 Å². The smallest absolute Gasteiger partial charge is 0.125 e. The maximum Gasteiger partial charge on any atom is 0.125 e. The zero-order valence-electron chi connectivity index (χ0n) is 12.3. The first-order valence-electron chi connectivity index (χ1n) is 7.22. The fraction of sp³-hybridized carbons (Fsp3) is 0.353. The predicted octanol–water partition coefficient (Wildman–Crippen LogP) is 3.59. The normalized spacial score (nSPS) is 14.6. The van der Waals surface area contributed by atoms with Crippen molar-refractivity contribution in [1.29, 1.82) is 0 Å². The van der Waals surface area contributed by atoms with Gasteiger partial charge in [-0.25, -0.2) is 0 Å². The molecule has 0 fully saturated rings. The molecule has 21 heavy (non-hydrogen) atoms. The van der Waals surface area contributed by atoms with Crippen molar-refractivity contribution < 1.29 is 4.74 Å². The first-order valence-corrected chi connectivity index (χ1v) is 8.01. The Balaban J connectivity index is 1.94. The summed E-state index contributed by atoms with van der Waals surface area (Å²) >= 11 is 3.61. The van der Waals surface area contributed by atoms with Crippen molar-refractivity contribution in [2.75, 3.05) is 13.7 Å². The van der Waals surface area contributed by atoms with Crippen molar-refractivity contribution in [1.82, 2.24) is 10.3 Å². The zero-order valence-corrected chi connectivity index (χ0v) is 13.9. The Kier molecular flexibility index (Phi) is 4.27. The fourth-order valence-electron chi connectivity index (χ4n) is 2.95. The van der Waals surface area contributed by atoms with Crippen LogP contribution >= 0.6 is 15.9 Å². The molecular formula is C17H19BrN2O. The summed E-state index contributed by atoms with van der Waals surface area (Å²) in [5.74, 6) is 1.07. The van der Waals surface area contributed by atoms with E-state index in [0.29, 0.717) is 0 Å². The molecule has 3 nitrogen and oxygen atoms in total. The monoisotopic (exact) mass is 346 g/mol. The molecule has 1 N–H and O–H groups in total. The summed E-state index contributed by atoms with van der Waals surface area (Å²) in [5, 5.41) is 3.41. The number of hydrogen-bond donors (Lipinski definition) is 1. The van der Waals surface area contributed by atoms with Gasteiger partial charge >= 0.3 is 0 Å². The highest BCUT2D eigenvalue weighted by Gasteiger charge is 2.21. The summed E-state index contributed by atoms with van der Waals surface area (Å²) in [6.07, 6.45) is 3.73. The number of halogens is 1. The van der Waals surface area contributed by atoms with Crippen molar-refractivity contribution in [3.05, 3.63) is 57.3 Å². The van der Waals surface area contributed by atoms with Gasteiger partial charge in [0.25, 0.3) is 0 Å². The van der Waals surface area contributed by atoms with Crippen molar-refractivity contribution in [2.24, 2.45) is 0 Å². The first-order chi connectivity index (χ1) is 10.2. The third-order valence-electron chi connectivity index (χ3n) is 4.02. The summed E-state index contributed by atoms with van der Waals surface area (Å²) in [5.41, 5.74) is 4.87. The van der Waals surface area contributed by atoms with Crippen LogP contribution in [0.4, 0.5) is 0 Å². The van der Waals surface area contributed by atoms with E-state index in [-0.39, 0.29) is 6.04 Å². The summed E-state index contributed by atoms with van der Waals surface area (Å²) in [4.78, 5) is 4.40. The van der Waals surface area contributed by atoms with Crippen molar-refractivity contribution in [3.8, 4) is 5.75 Å². The lowest BCUT2D eigenvalue weighted by atomic mass is 9.96. The number of nitrogens with one attached hydrogen (secondary N) is 1. The highest BCUT2D eigenvalue weighted by Crippen LogP contribution is 2.35. The van der Waals surface area contributed by atoms with Gasteiger partial charge in [-0.05, 0) is 55.3 Å². The Labute approximate surface area is 133 Å². The van der Waals surface area contributed by atoms with E-state index in [1.54, 1.807) is 0 Å². The van der Waals surface area contributed by atoms with Gasteiger partial charge in [0.15, 0.2) is 0 Å². The molecule has 0 saturated heterocycles. The largest absolute Gasteiger partial charge is 0.493 e. The molecule has 2 heterocycles. The van der Waals surface area contributed by atoms with Crippen LogP contribution in [0.1, 0.15) is 28.4 Å². The maximum atomic E-state index is 5.83. The quantitative estimate of drug-likeness (QED) is 0.918. The number of aromatic nitrogens is 1. The molecule has 0 amide bonds. The molecule has 0 bridgehead atoms. The third kappa shape index (κ3) is 2.97. The molecular weight excluding hydrogens is 328 g/mol. The molecule has 110 valence electrons. The van der Waals surface area contributed by atoms with E-state index in [9.17, 15) is 0 Å². The summed E-state index contributed by atoms with van der Waals surface area (Å²) in [7, 11) is 2.00. The average molecular weight is 347 g/mol. The molecule has 4 heteroatoms. The second-order valence-electron chi connectivity index (χ2n) is 5.38. The second kappa shape index (κ2) is 6.16. The number of rotatable bonds is 4. The van der Waals surface area contributed by atoms with Crippen molar-refractivity contribution >= 4 is 15.9 Å². The topological polar surface area (TPSA) is 34.1 Å². The lowest BCUT2D eigenvalue weighted by Crippen LogP contribution is -2.20. The number of ether oxygens (including phenoxy) is 1. The van der Waals surface area contributed by atoms with E-state index in [2.05, 4.69) is 51.4 Å². The summed E-state index contributed by atoms with van der Waals surface area (Å²) in [6, 6.07) is 8.70. The van der Waals surface area contributed by atoms with Gasteiger partial charge in [-0.15, -0.1) is 0 Å². The average Bonchev–Trinajstić information content (AvgIpc) is 2.93. The molecule has 1 unspecified atom stereocenters. The van der Waals surface area contributed by atoms with Gasteiger partial charge in [-0.3, -0.25) is 4.98 Å². The Bertz CT molecular complexity index is 657. The Hall–Kier alpha value is -1.39. The number of benzene rings is 1. The first kappa shape index (κ1) is 14.5. The molecule has 3 rings (SSSR count). The van der Waals surface area contributed by atoms with E-state index in [1.165, 1.54) is 16.7 Å². The number of pyridine rings is 1. The molecule has 1 aromatic heterocycles. The number of likely N-dealkylation sites (N-methyl/N-ethyl adjacent to an activating group) is 1. The highest BCUT2D eigenvalue weighted by molar-refractivity contribution is 9.10.